The molecule has 0 aliphatic heterocycles. The van der Waals surface area contributed by atoms with Crippen molar-refractivity contribution < 1.29 is 27.2 Å². The predicted octanol–water partition coefficient (Wildman–Crippen LogP) is 3.54. The van der Waals surface area contributed by atoms with Crippen molar-refractivity contribution in [3.63, 3.8) is 0 Å². The molecule has 1 unspecified atom stereocenters. The summed E-state index contributed by atoms with van der Waals surface area (Å²) in [5.41, 5.74) is 7.08. The number of anilines is 1. The third kappa shape index (κ3) is 5.24. The quantitative estimate of drug-likeness (QED) is 0.228. The maximum absolute atomic E-state index is 13.4. The average molecular weight is 621 g/mol. The Morgan fingerprint density at radius 2 is 1.94 bits per heavy atom. The van der Waals surface area contributed by atoms with Crippen LogP contribution >= 0.6 is 22.6 Å². The van der Waals surface area contributed by atoms with Crippen LogP contribution in [0.1, 0.15) is 26.3 Å². The van der Waals surface area contributed by atoms with E-state index in [1.54, 1.807) is 30.3 Å². The van der Waals surface area contributed by atoms with E-state index in [9.17, 15) is 22.7 Å². The SMILES string of the molecule is CNC(=O)c1c(-c2ccc(F)cc2)oc2nc(N(CCc3cccc(C(N)=O)c3)S(=O)[O-])c(I)cc12. The van der Waals surface area contributed by atoms with Crippen LogP contribution in [0.25, 0.3) is 22.4 Å². The minimum absolute atomic E-state index is 0.0284. The van der Waals surface area contributed by atoms with Crippen LogP contribution in [-0.2, 0) is 17.7 Å². The van der Waals surface area contributed by atoms with Gasteiger partial charge in [-0.3, -0.25) is 18.1 Å². The van der Waals surface area contributed by atoms with Gasteiger partial charge >= 0.3 is 0 Å². The zero-order valence-corrected chi connectivity index (χ0v) is 21.8. The molecular formula is C24H19FIN4O5S-. The molecule has 0 radical (unpaired) electrons. The lowest BCUT2D eigenvalue weighted by Gasteiger charge is -2.26. The number of carbonyl (C=O) groups is 2. The maximum atomic E-state index is 13.4. The van der Waals surface area contributed by atoms with Gasteiger partial charge in [0, 0.05) is 36.0 Å². The van der Waals surface area contributed by atoms with Gasteiger partial charge in [0.25, 0.3) is 5.91 Å². The zero-order valence-electron chi connectivity index (χ0n) is 18.8. The number of nitrogens with two attached hydrogens (primary N) is 1. The molecule has 0 bridgehead atoms. The lowest BCUT2D eigenvalue weighted by atomic mass is 10.1. The molecule has 3 N–H and O–H groups in total. The van der Waals surface area contributed by atoms with Crippen molar-refractivity contribution in [2.75, 3.05) is 17.9 Å². The number of hydrogen-bond donors (Lipinski definition) is 2. The van der Waals surface area contributed by atoms with E-state index in [1.807, 2.05) is 22.6 Å². The minimum Gasteiger partial charge on any atom is -0.755 e. The molecule has 2 aromatic heterocycles. The summed E-state index contributed by atoms with van der Waals surface area (Å²) in [5.74, 6) is -1.16. The number of primary amides is 1. The highest BCUT2D eigenvalue weighted by Gasteiger charge is 2.25. The summed E-state index contributed by atoms with van der Waals surface area (Å²) in [6.45, 7) is 0.0284. The third-order valence-electron chi connectivity index (χ3n) is 5.41. The normalized spacial score (nSPS) is 11.9. The van der Waals surface area contributed by atoms with Gasteiger partial charge in [-0.2, -0.15) is 4.98 Å². The summed E-state index contributed by atoms with van der Waals surface area (Å²) >= 11 is -0.737. The van der Waals surface area contributed by atoms with Crippen LogP contribution < -0.4 is 15.4 Å². The Balaban J connectivity index is 1.76. The zero-order chi connectivity index (χ0) is 26.0. The first-order valence-corrected chi connectivity index (χ1v) is 12.7. The van der Waals surface area contributed by atoms with Crippen LogP contribution in [-0.4, -0.2) is 39.2 Å². The van der Waals surface area contributed by atoms with E-state index < -0.39 is 28.9 Å². The molecule has 1 atom stereocenters. The van der Waals surface area contributed by atoms with Crippen molar-refractivity contribution in [3.05, 3.63) is 80.7 Å². The number of hydrogen-bond acceptors (Lipinski definition) is 6. The number of amides is 2. The molecule has 0 saturated carbocycles. The van der Waals surface area contributed by atoms with Gasteiger partial charge < -0.3 is 20.0 Å². The highest BCUT2D eigenvalue weighted by molar-refractivity contribution is 14.1. The molecule has 9 nitrogen and oxygen atoms in total. The van der Waals surface area contributed by atoms with Crippen LogP contribution in [0.15, 0.2) is 59.0 Å². The standard InChI is InChI=1S/C24H20FIN4O5S/c1-28-23(32)19-17-12-18(26)22(29-24(17)35-20(19)14-5-7-16(25)8-6-14)30(36(33)34)10-9-13-3-2-4-15(11-13)21(27)31/h2-8,11-12H,9-10H2,1H3,(H2,27,31)(H,28,32)(H,33,34)/p-1. The highest BCUT2D eigenvalue weighted by atomic mass is 127. The lowest BCUT2D eigenvalue weighted by molar-refractivity contribution is 0.0963. The number of rotatable bonds is 8. The first kappa shape index (κ1) is 25.7. The van der Waals surface area contributed by atoms with Crippen molar-refractivity contribution in [1.82, 2.24) is 10.3 Å². The monoisotopic (exact) mass is 621 g/mol. The molecule has 36 heavy (non-hydrogen) atoms. The van der Waals surface area contributed by atoms with Gasteiger partial charge in [0.2, 0.25) is 11.6 Å². The highest BCUT2D eigenvalue weighted by Crippen LogP contribution is 2.36. The number of aromatic nitrogens is 1. The van der Waals surface area contributed by atoms with Gasteiger partial charge in [-0.25, -0.2) is 4.39 Å². The van der Waals surface area contributed by atoms with Crippen LogP contribution in [0.5, 0.6) is 0 Å². The first-order chi connectivity index (χ1) is 17.2. The summed E-state index contributed by atoms with van der Waals surface area (Å²) in [4.78, 5) is 28.6. The number of nitrogens with zero attached hydrogens (tertiary/aromatic N) is 2. The molecule has 4 aromatic rings. The largest absolute Gasteiger partial charge is 0.755 e. The number of nitrogens with one attached hydrogen (secondary N) is 1. The fourth-order valence-corrected chi connectivity index (χ4v) is 5.09. The van der Waals surface area contributed by atoms with Crippen molar-refractivity contribution >= 4 is 62.6 Å². The van der Waals surface area contributed by atoms with E-state index in [0.717, 1.165) is 9.87 Å². The number of benzene rings is 2. The maximum Gasteiger partial charge on any atom is 0.255 e. The first-order valence-electron chi connectivity index (χ1n) is 10.6. The summed E-state index contributed by atoms with van der Waals surface area (Å²) < 4.78 is 45.2. The molecule has 0 spiro atoms. The Bertz CT molecular complexity index is 1490. The number of fused-ring (bicyclic) bond motifs is 1. The summed E-state index contributed by atoms with van der Waals surface area (Å²) in [5, 5.41) is 2.94. The van der Waals surface area contributed by atoms with Gasteiger partial charge in [-0.1, -0.05) is 12.1 Å². The van der Waals surface area contributed by atoms with E-state index in [1.165, 1.54) is 31.3 Å². The molecule has 0 fully saturated rings. The molecule has 4 rings (SSSR count). The molecule has 0 aliphatic rings. The van der Waals surface area contributed by atoms with Crippen molar-refractivity contribution in [1.29, 1.82) is 0 Å². The fraction of sp³-hybridized carbons (Fsp3) is 0.125. The second-order valence-electron chi connectivity index (χ2n) is 7.67. The molecule has 2 heterocycles. The lowest BCUT2D eigenvalue weighted by Crippen LogP contribution is -2.29. The van der Waals surface area contributed by atoms with Gasteiger partial charge in [0.1, 0.15) is 11.6 Å². The average Bonchev–Trinajstić information content (AvgIpc) is 3.22. The fourth-order valence-electron chi connectivity index (χ4n) is 3.68. The third-order valence-corrected chi connectivity index (χ3v) is 6.92. The smallest absolute Gasteiger partial charge is 0.255 e. The van der Waals surface area contributed by atoms with Crippen LogP contribution in [0.2, 0.25) is 0 Å². The van der Waals surface area contributed by atoms with E-state index >= 15 is 0 Å². The molecule has 0 aliphatic carbocycles. The Hall–Kier alpha value is -3.36. The number of halogens is 2. The van der Waals surface area contributed by atoms with Crippen molar-refractivity contribution in [2.45, 2.75) is 6.42 Å². The Labute approximate surface area is 221 Å². The Kier molecular flexibility index (Phi) is 7.66. The Morgan fingerprint density at radius 1 is 1.22 bits per heavy atom. The predicted molar refractivity (Wildman–Crippen MR) is 140 cm³/mol. The summed E-state index contributed by atoms with van der Waals surface area (Å²) in [7, 11) is 1.47. The van der Waals surface area contributed by atoms with Gasteiger partial charge in [-0.05, 0) is 77.0 Å². The van der Waals surface area contributed by atoms with E-state index in [2.05, 4.69) is 10.3 Å². The molecule has 12 heteroatoms. The van der Waals surface area contributed by atoms with Crippen LogP contribution in [0.3, 0.4) is 0 Å². The van der Waals surface area contributed by atoms with Crippen LogP contribution in [0, 0.1) is 9.39 Å². The number of carbonyl (C=O) groups excluding carboxylic acids is 2. The van der Waals surface area contributed by atoms with Gasteiger partial charge in [0.15, 0.2) is 5.82 Å². The second-order valence-corrected chi connectivity index (χ2v) is 9.71. The Morgan fingerprint density at radius 3 is 2.58 bits per heavy atom. The summed E-state index contributed by atoms with van der Waals surface area (Å²) in [6, 6.07) is 13.7. The van der Waals surface area contributed by atoms with E-state index in [4.69, 9.17) is 10.2 Å². The van der Waals surface area contributed by atoms with Gasteiger partial charge in [0.05, 0.1) is 14.5 Å². The van der Waals surface area contributed by atoms with E-state index in [-0.39, 0.29) is 35.8 Å². The van der Waals surface area contributed by atoms with E-state index in [0.29, 0.717) is 20.1 Å². The van der Waals surface area contributed by atoms with Crippen molar-refractivity contribution in [2.24, 2.45) is 5.73 Å². The summed E-state index contributed by atoms with van der Waals surface area (Å²) in [6.07, 6.45) is 0.285. The second kappa shape index (κ2) is 10.7. The van der Waals surface area contributed by atoms with Gasteiger partial charge in [-0.15, -0.1) is 0 Å². The number of furan rings is 1. The minimum atomic E-state index is -2.68. The number of pyridine rings is 1. The van der Waals surface area contributed by atoms with Crippen molar-refractivity contribution in [3.8, 4) is 11.3 Å². The molecule has 2 amide bonds. The van der Waals surface area contributed by atoms with Crippen LogP contribution in [0.4, 0.5) is 10.2 Å². The molecule has 186 valence electrons. The molecule has 0 saturated heterocycles. The topological polar surface area (TPSA) is 142 Å². The molecule has 2 aromatic carbocycles. The molecular weight excluding hydrogens is 602 g/mol.